The van der Waals surface area contributed by atoms with Crippen molar-refractivity contribution >= 4 is 12.3 Å². The van der Waals surface area contributed by atoms with Crippen LogP contribution in [0.1, 0.15) is 57.2 Å². The van der Waals surface area contributed by atoms with Gasteiger partial charge in [-0.15, -0.1) is 6.42 Å². The van der Waals surface area contributed by atoms with E-state index in [2.05, 4.69) is 6.92 Å². The molecule has 0 saturated carbocycles. The Balaban J connectivity index is 0.00000332. The summed E-state index contributed by atoms with van der Waals surface area (Å²) in [5, 5.41) is 9.43. The summed E-state index contributed by atoms with van der Waals surface area (Å²) >= 11 is 0. The largest absolute Gasteiger partial charge is 2.00 e. The molecule has 0 fully saturated rings. The number of aliphatic hydroxyl groups excluding tert-OH is 1. The summed E-state index contributed by atoms with van der Waals surface area (Å²) in [4.78, 5) is 23.8. The van der Waals surface area contributed by atoms with E-state index >= 15 is 0 Å². The van der Waals surface area contributed by atoms with Crippen molar-refractivity contribution in [1.82, 2.24) is 0 Å². The Labute approximate surface area is 222 Å². The number of carbonyl (C=O) groups is 1. The van der Waals surface area contributed by atoms with Crippen LogP contribution >= 0.6 is 0 Å². The van der Waals surface area contributed by atoms with Crippen LogP contribution in [-0.2, 0) is 37.5 Å². The minimum Gasteiger partial charge on any atom is -0.542 e. The normalized spacial score (nSPS) is 12.4. The molecule has 33 heavy (non-hydrogen) atoms. The number of aliphatic hydroxyl groups is 1. The molecule has 1 N–H and O–H groups in total. The summed E-state index contributed by atoms with van der Waals surface area (Å²) in [6.45, 7) is 10.8. The van der Waals surface area contributed by atoms with Crippen LogP contribution in [0.15, 0.2) is 54.6 Å². The molecule has 2 rings (SSSR count). The number of carbonyl (C=O) groups excluding carboxylic acids is 2. The van der Waals surface area contributed by atoms with Crippen molar-refractivity contribution in [2.24, 2.45) is 0 Å². The molecule has 178 valence electrons. The van der Waals surface area contributed by atoms with Gasteiger partial charge in [0.1, 0.15) is 6.61 Å². The van der Waals surface area contributed by atoms with Crippen LogP contribution in [-0.4, -0.2) is 36.2 Å². The Kier molecular flexibility index (Phi) is 15.5. The standard InChI is InChI=1S/C25H31O5.C2H5.U/c1-24(2,19-27)30-16-14-25(3,22-13-7-11-20(17-22)12-8-15-26)23(28)29-18-21-9-5-4-6-10-21;1-2;/h4-7,9-11,13,17,27H,8,12,14,16,18-19H2,1-3H3;1H2,2H3;/q2*-1;+2. The average Bonchev–Trinajstić information content (AvgIpc) is 2.83. The minimum atomic E-state index is -0.929. The fraction of sp³-hybridized carbons (Fsp3) is 0.444. The van der Waals surface area contributed by atoms with Gasteiger partial charge < -0.3 is 26.3 Å². The number of rotatable bonds is 12. The molecular weight excluding hydrogens is 642 g/mol. The fourth-order valence-electron chi connectivity index (χ4n) is 3.09. The van der Waals surface area contributed by atoms with Crippen LogP contribution in [0.2, 0.25) is 0 Å². The second-order valence-electron chi connectivity index (χ2n) is 8.25. The second kappa shape index (κ2) is 16.2. The Hall–Kier alpha value is -1.45. The van der Waals surface area contributed by atoms with Gasteiger partial charge in [0, 0.05) is 6.61 Å². The Bertz CT molecular complexity index is 822. The van der Waals surface area contributed by atoms with Gasteiger partial charge in [-0.1, -0.05) is 66.6 Å². The molecule has 0 heterocycles. The zero-order valence-corrected chi connectivity index (χ0v) is 24.4. The molecule has 0 bridgehead atoms. The molecule has 1 unspecified atom stereocenters. The summed E-state index contributed by atoms with van der Waals surface area (Å²) in [7, 11) is 0. The molecule has 0 aliphatic heterocycles. The number of ether oxygens (including phenoxy) is 2. The molecule has 0 spiro atoms. The van der Waals surface area contributed by atoms with Crippen molar-refractivity contribution in [3.8, 4) is 0 Å². The number of benzene rings is 2. The van der Waals surface area contributed by atoms with E-state index in [9.17, 15) is 14.7 Å². The summed E-state index contributed by atoms with van der Waals surface area (Å²) in [6, 6.07) is 17.2. The van der Waals surface area contributed by atoms with Crippen LogP contribution in [0, 0.1) is 38.0 Å². The second-order valence-corrected chi connectivity index (χ2v) is 8.25. The van der Waals surface area contributed by atoms with Gasteiger partial charge in [0.2, 0.25) is 0 Å². The van der Waals surface area contributed by atoms with Crippen molar-refractivity contribution in [3.63, 3.8) is 0 Å². The third-order valence-corrected chi connectivity index (χ3v) is 5.22. The average molecular weight is 679 g/mol. The van der Waals surface area contributed by atoms with E-state index in [-0.39, 0.29) is 56.9 Å². The molecule has 1 atom stereocenters. The van der Waals surface area contributed by atoms with Gasteiger partial charge >= 0.3 is 37.1 Å². The monoisotopic (exact) mass is 678 g/mol. The Morgan fingerprint density at radius 2 is 1.67 bits per heavy atom. The van der Waals surface area contributed by atoms with Gasteiger partial charge in [0.15, 0.2) is 0 Å². The maximum absolute atomic E-state index is 13.2. The van der Waals surface area contributed by atoms with Crippen LogP contribution in [0.3, 0.4) is 0 Å². The van der Waals surface area contributed by atoms with Gasteiger partial charge in [-0.05, 0) is 38.3 Å². The van der Waals surface area contributed by atoms with Crippen molar-refractivity contribution < 1.29 is 55.3 Å². The van der Waals surface area contributed by atoms with E-state index in [1.807, 2.05) is 67.8 Å². The molecule has 0 aliphatic carbocycles. The summed E-state index contributed by atoms with van der Waals surface area (Å²) in [6.07, 6.45) is 3.19. The maximum Gasteiger partial charge on any atom is 2.00 e. The number of hydrogen-bond donors (Lipinski definition) is 1. The van der Waals surface area contributed by atoms with Crippen molar-refractivity contribution in [3.05, 3.63) is 78.2 Å². The zero-order chi connectivity index (χ0) is 24.0. The molecule has 0 saturated heterocycles. The molecule has 5 nitrogen and oxygen atoms in total. The molecule has 2 aromatic carbocycles. The van der Waals surface area contributed by atoms with Gasteiger partial charge in [-0.3, -0.25) is 11.1 Å². The Morgan fingerprint density at radius 3 is 2.27 bits per heavy atom. The van der Waals surface area contributed by atoms with Crippen molar-refractivity contribution in [1.29, 1.82) is 0 Å². The SMILES string of the molecule is CC(C)(CO)OCCC(C)(C(=O)OCc1ccccc1)c1cccc(CC[C-]=O)c1.[CH2-]C.[U+2]. The zero-order valence-electron chi connectivity index (χ0n) is 20.2. The van der Waals surface area contributed by atoms with Crippen LogP contribution in [0.5, 0.6) is 0 Å². The topological polar surface area (TPSA) is 72.8 Å². The molecular formula is C27H36O5U. The van der Waals surface area contributed by atoms with Gasteiger partial charge in [0.05, 0.1) is 17.6 Å². The van der Waals surface area contributed by atoms with E-state index in [1.54, 1.807) is 20.8 Å². The molecule has 0 radical (unpaired) electrons. The predicted octanol–water partition coefficient (Wildman–Crippen LogP) is 4.75. The maximum atomic E-state index is 13.2. The predicted molar refractivity (Wildman–Crippen MR) is 127 cm³/mol. The molecule has 6 heteroatoms. The molecule has 2 aromatic rings. The van der Waals surface area contributed by atoms with Crippen LogP contribution < -0.4 is 0 Å². The molecule has 0 amide bonds. The smallest absolute Gasteiger partial charge is 0.542 e. The first kappa shape index (κ1) is 31.6. The van der Waals surface area contributed by atoms with Gasteiger partial charge in [0.25, 0.3) is 0 Å². The third-order valence-electron chi connectivity index (χ3n) is 5.22. The van der Waals surface area contributed by atoms with Crippen LogP contribution in [0.25, 0.3) is 0 Å². The third kappa shape index (κ3) is 10.6. The Morgan fingerprint density at radius 1 is 1.03 bits per heavy atom. The van der Waals surface area contributed by atoms with Crippen molar-refractivity contribution in [2.45, 2.75) is 64.6 Å². The summed E-state index contributed by atoms with van der Waals surface area (Å²) < 4.78 is 11.5. The van der Waals surface area contributed by atoms with E-state index in [0.717, 1.165) is 16.7 Å². The number of esters is 1. The van der Waals surface area contributed by atoms with E-state index < -0.39 is 11.0 Å². The quantitative estimate of drug-likeness (QED) is 0.260. The fourth-order valence-corrected chi connectivity index (χ4v) is 3.09. The number of hydrogen-bond acceptors (Lipinski definition) is 5. The molecule has 0 aromatic heterocycles. The van der Waals surface area contributed by atoms with Crippen molar-refractivity contribution in [2.75, 3.05) is 13.2 Å². The summed E-state index contributed by atoms with van der Waals surface area (Å²) in [5.41, 5.74) is 1.09. The van der Waals surface area contributed by atoms with E-state index in [0.29, 0.717) is 19.3 Å². The van der Waals surface area contributed by atoms with E-state index in [1.165, 1.54) is 0 Å². The number of aryl methyl sites for hydroxylation is 1. The van der Waals surface area contributed by atoms with Gasteiger partial charge in [-0.2, -0.15) is 6.92 Å². The first-order valence-electron chi connectivity index (χ1n) is 10.9. The molecule has 0 aliphatic rings. The first-order chi connectivity index (χ1) is 15.3. The van der Waals surface area contributed by atoms with Gasteiger partial charge in [-0.25, -0.2) is 0 Å². The summed E-state index contributed by atoms with van der Waals surface area (Å²) in [5.74, 6) is -0.337. The van der Waals surface area contributed by atoms with Crippen LogP contribution in [0.4, 0.5) is 0 Å². The van der Waals surface area contributed by atoms with E-state index in [4.69, 9.17) is 9.47 Å². The first-order valence-corrected chi connectivity index (χ1v) is 10.9. The minimum absolute atomic E-state index is 0.